The van der Waals surface area contributed by atoms with E-state index in [2.05, 4.69) is 56.7 Å². The smallest absolute Gasteiger partial charge is 0.234 e. The molecule has 2 unspecified atom stereocenters. The van der Waals surface area contributed by atoms with Crippen LogP contribution in [0.2, 0.25) is 0 Å². The molecule has 3 aliphatic heterocycles. The minimum atomic E-state index is -0.106. The highest BCUT2D eigenvalue weighted by Crippen LogP contribution is 2.39. The van der Waals surface area contributed by atoms with Crippen molar-refractivity contribution < 1.29 is 4.52 Å². The summed E-state index contributed by atoms with van der Waals surface area (Å²) in [6, 6.07) is 2.24. The highest BCUT2D eigenvalue weighted by Gasteiger charge is 2.39. The summed E-state index contributed by atoms with van der Waals surface area (Å²) in [4.78, 5) is 19.0. The number of nitrogens with zero attached hydrogens (tertiary/aromatic N) is 6. The third-order valence-electron chi connectivity index (χ3n) is 7.93. The van der Waals surface area contributed by atoms with Crippen molar-refractivity contribution in [3.8, 4) is 0 Å². The van der Waals surface area contributed by atoms with Crippen LogP contribution in [0, 0.1) is 0 Å². The lowest BCUT2D eigenvalue weighted by Crippen LogP contribution is -2.56. The van der Waals surface area contributed by atoms with Gasteiger partial charge in [-0.25, -0.2) is 4.99 Å². The molecule has 34 heavy (non-hydrogen) atoms. The lowest BCUT2D eigenvalue weighted by molar-refractivity contribution is 0.0801. The van der Waals surface area contributed by atoms with E-state index in [4.69, 9.17) is 14.5 Å². The van der Waals surface area contributed by atoms with Gasteiger partial charge in [-0.3, -0.25) is 4.90 Å². The molecule has 0 amide bonds. The number of fused-ring (bicyclic) bond motifs is 1. The predicted molar refractivity (Wildman–Crippen MR) is 135 cm³/mol. The van der Waals surface area contributed by atoms with Crippen LogP contribution in [0.25, 0.3) is 0 Å². The van der Waals surface area contributed by atoms with Gasteiger partial charge in [0, 0.05) is 69.2 Å². The molecule has 0 spiro atoms. The van der Waals surface area contributed by atoms with Gasteiger partial charge in [0.25, 0.3) is 0 Å². The topological polar surface area (TPSA) is 73.0 Å². The van der Waals surface area contributed by atoms with Crippen LogP contribution in [0.1, 0.15) is 54.3 Å². The second-order valence-corrected chi connectivity index (χ2v) is 11.3. The summed E-state index contributed by atoms with van der Waals surface area (Å²) in [6.07, 6.45) is 6.61. The average molecular weight is 482 g/mol. The Hall–Kier alpha value is -2.07. The van der Waals surface area contributed by atoms with Gasteiger partial charge in [-0.2, -0.15) is 4.98 Å². The van der Waals surface area contributed by atoms with E-state index in [-0.39, 0.29) is 11.5 Å². The Balaban J connectivity index is 1.31. The molecule has 4 aliphatic rings. The Morgan fingerprint density at radius 3 is 2.79 bits per heavy atom. The normalized spacial score (nSPS) is 29.0. The number of nitrogens with one attached hydrogen (secondary N) is 1. The summed E-state index contributed by atoms with van der Waals surface area (Å²) in [5.41, 5.74) is 2.22. The number of aliphatic imine (C=N–C) groups is 1. The third-order valence-corrected chi connectivity index (χ3v) is 8.93. The summed E-state index contributed by atoms with van der Waals surface area (Å²) in [5, 5.41) is 10.1. The maximum Gasteiger partial charge on any atom is 0.234 e. The molecule has 8 nitrogen and oxygen atoms in total. The van der Waals surface area contributed by atoms with Crippen molar-refractivity contribution in [3.63, 3.8) is 0 Å². The summed E-state index contributed by atoms with van der Waals surface area (Å²) < 4.78 is 5.89. The minimum absolute atomic E-state index is 0.106. The largest absolute Gasteiger partial charge is 0.354 e. The maximum absolute atomic E-state index is 5.89. The van der Waals surface area contributed by atoms with E-state index in [1.54, 1.807) is 0 Å². The van der Waals surface area contributed by atoms with Crippen molar-refractivity contribution in [2.24, 2.45) is 4.99 Å². The predicted octanol–water partition coefficient (Wildman–Crippen LogP) is 2.54. The lowest BCUT2D eigenvalue weighted by atomic mass is 9.87. The van der Waals surface area contributed by atoms with Crippen LogP contribution < -0.4 is 5.32 Å². The van der Waals surface area contributed by atoms with E-state index in [0.717, 1.165) is 82.6 Å². The molecule has 1 aliphatic carbocycles. The molecular formula is C25H35N7OS. The molecule has 0 saturated carbocycles. The summed E-state index contributed by atoms with van der Waals surface area (Å²) in [6.45, 7) is 10.6. The quantitative estimate of drug-likeness (QED) is 0.719. The first kappa shape index (κ1) is 22.4. The van der Waals surface area contributed by atoms with Gasteiger partial charge in [-0.05, 0) is 56.3 Å². The SMILES string of the molecule is CN1CCN(C2(C)C=C(N3CCNCC3)N=C(c3noc(C4CCCc5sccc54)n3)C2)CC1. The van der Waals surface area contributed by atoms with Crippen molar-refractivity contribution in [2.75, 3.05) is 59.4 Å². The lowest BCUT2D eigenvalue weighted by Gasteiger charge is -2.46. The van der Waals surface area contributed by atoms with Crippen LogP contribution in [0.3, 0.4) is 0 Å². The van der Waals surface area contributed by atoms with E-state index in [1.807, 2.05) is 11.3 Å². The molecule has 9 heteroatoms. The number of hydrogen-bond acceptors (Lipinski definition) is 9. The fourth-order valence-electron chi connectivity index (χ4n) is 5.82. The van der Waals surface area contributed by atoms with Crippen molar-refractivity contribution in [3.05, 3.63) is 45.5 Å². The van der Waals surface area contributed by atoms with Gasteiger partial charge in [0.05, 0.1) is 11.6 Å². The number of hydrogen-bond donors (Lipinski definition) is 1. The molecule has 5 heterocycles. The first-order chi connectivity index (χ1) is 16.6. The molecule has 2 aromatic rings. The highest BCUT2D eigenvalue weighted by molar-refractivity contribution is 7.10. The van der Waals surface area contributed by atoms with E-state index in [9.17, 15) is 0 Å². The molecule has 0 radical (unpaired) electrons. The zero-order chi connectivity index (χ0) is 23.1. The molecule has 182 valence electrons. The van der Waals surface area contributed by atoms with Gasteiger partial charge < -0.3 is 19.6 Å². The monoisotopic (exact) mass is 481 g/mol. The molecule has 1 N–H and O–H groups in total. The first-order valence-corrected chi connectivity index (χ1v) is 13.6. The fraction of sp³-hybridized carbons (Fsp3) is 0.640. The summed E-state index contributed by atoms with van der Waals surface area (Å²) in [5.74, 6) is 2.69. The van der Waals surface area contributed by atoms with Gasteiger partial charge >= 0.3 is 0 Å². The number of piperazine rings is 2. The Morgan fingerprint density at radius 2 is 1.97 bits per heavy atom. The average Bonchev–Trinajstić information content (AvgIpc) is 3.55. The maximum atomic E-state index is 5.89. The van der Waals surface area contributed by atoms with E-state index in [1.165, 1.54) is 23.3 Å². The Bertz CT molecular complexity index is 1080. The molecule has 6 rings (SSSR count). The van der Waals surface area contributed by atoms with Crippen LogP contribution in [0.5, 0.6) is 0 Å². The van der Waals surface area contributed by atoms with E-state index < -0.39 is 0 Å². The highest BCUT2D eigenvalue weighted by atomic mass is 32.1. The second kappa shape index (κ2) is 9.18. The zero-order valence-electron chi connectivity index (χ0n) is 20.3. The van der Waals surface area contributed by atoms with Gasteiger partial charge in [0.1, 0.15) is 5.82 Å². The van der Waals surface area contributed by atoms with Gasteiger partial charge in [0.2, 0.25) is 11.7 Å². The van der Waals surface area contributed by atoms with Crippen molar-refractivity contribution >= 4 is 17.0 Å². The molecule has 2 fully saturated rings. The van der Waals surface area contributed by atoms with Crippen molar-refractivity contribution in [1.29, 1.82) is 0 Å². The summed E-state index contributed by atoms with van der Waals surface area (Å²) in [7, 11) is 2.21. The molecule has 0 bridgehead atoms. The van der Waals surface area contributed by atoms with E-state index >= 15 is 0 Å². The number of likely N-dealkylation sites (N-methyl/N-ethyl adjacent to an activating group) is 1. The first-order valence-electron chi connectivity index (χ1n) is 12.7. The van der Waals surface area contributed by atoms with Gasteiger partial charge in [-0.1, -0.05) is 5.16 Å². The standard InChI is InChI=1S/C25H35N7OS/c1-25(32-13-11-30(2)12-14-32)16-20(27-22(17-25)31-9-7-26-8-10-31)23-28-24(33-29-23)19-4-3-5-21-18(19)6-15-34-21/h6,15,17,19,26H,3-5,7-14,16H2,1-2H3. The molecular weight excluding hydrogens is 446 g/mol. The van der Waals surface area contributed by atoms with Crippen molar-refractivity contribution in [1.82, 2.24) is 30.2 Å². The zero-order valence-corrected chi connectivity index (χ0v) is 21.1. The van der Waals surface area contributed by atoms with E-state index in [0.29, 0.717) is 5.82 Å². The Kier molecular flexibility index (Phi) is 6.05. The fourth-order valence-corrected chi connectivity index (χ4v) is 6.81. The molecule has 2 atom stereocenters. The van der Waals surface area contributed by atoms with Gasteiger partial charge in [0.15, 0.2) is 0 Å². The Morgan fingerprint density at radius 1 is 1.15 bits per heavy atom. The molecule has 2 aromatic heterocycles. The van der Waals surface area contributed by atoms with Crippen molar-refractivity contribution in [2.45, 2.75) is 44.1 Å². The summed E-state index contributed by atoms with van der Waals surface area (Å²) >= 11 is 1.85. The van der Waals surface area contributed by atoms with Gasteiger partial charge in [-0.15, -0.1) is 11.3 Å². The Labute approximate surface area is 205 Å². The molecule has 2 saturated heterocycles. The number of thiophene rings is 1. The number of aryl methyl sites for hydroxylation is 1. The number of rotatable bonds is 4. The third kappa shape index (κ3) is 4.23. The van der Waals surface area contributed by atoms with Crippen LogP contribution in [-0.2, 0) is 6.42 Å². The number of aromatic nitrogens is 2. The molecule has 0 aromatic carbocycles. The minimum Gasteiger partial charge on any atom is -0.354 e. The van der Waals surface area contributed by atoms with Crippen LogP contribution in [0.4, 0.5) is 0 Å². The van der Waals surface area contributed by atoms with Crippen LogP contribution in [0.15, 0.2) is 32.9 Å². The van der Waals surface area contributed by atoms with Crippen LogP contribution >= 0.6 is 11.3 Å². The second-order valence-electron chi connectivity index (χ2n) is 10.3. The van der Waals surface area contributed by atoms with Crippen LogP contribution in [-0.4, -0.2) is 95.5 Å².